The minimum atomic E-state index is -1.14. The number of carbonyl (C=O) groups excluding carboxylic acids is 3. The second-order valence-corrected chi connectivity index (χ2v) is 8.32. The molecule has 2 aliphatic rings. The molecule has 0 spiro atoms. The number of benzene rings is 1. The van der Waals surface area contributed by atoms with Crippen molar-refractivity contribution in [3.05, 3.63) is 27.7 Å². The van der Waals surface area contributed by atoms with E-state index in [1.807, 2.05) is 26.0 Å². The van der Waals surface area contributed by atoms with Crippen molar-refractivity contribution in [1.29, 1.82) is 0 Å². The minimum Gasteiger partial charge on any atom is -0.382 e. The van der Waals surface area contributed by atoms with Gasteiger partial charge in [-0.1, -0.05) is 15.9 Å². The average Bonchev–Trinajstić information content (AvgIpc) is 2.78. The molecule has 3 rings (SSSR count). The Morgan fingerprint density at radius 3 is 2.48 bits per heavy atom. The van der Waals surface area contributed by atoms with Crippen LogP contribution in [0.4, 0.5) is 10.5 Å². The van der Waals surface area contributed by atoms with E-state index in [9.17, 15) is 14.4 Å². The van der Waals surface area contributed by atoms with Gasteiger partial charge in [0.25, 0.3) is 5.91 Å². The topological polar surface area (TPSA) is 79.0 Å². The van der Waals surface area contributed by atoms with E-state index in [0.29, 0.717) is 19.4 Å². The van der Waals surface area contributed by atoms with Gasteiger partial charge in [-0.05, 0) is 56.9 Å². The van der Waals surface area contributed by atoms with Crippen LogP contribution in [0.2, 0.25) is 0 Å². The first kappa shape index (κ1) is 19.8. The molecular formula is C19H24BrN3O4. The third-order valence-electron chi connectivity index (χ3n) is 5.17. The minimum absolute atomic E-state index is 0.0592. The van der Waals surface area contributed by atoms with Gasteiger partial charge >= 0.3 is 6.03 Å². The van der Waals surface area contributed by atoms with Crippen LogP contribution in [0.5, 0.6) is 0 Å². The Morgan fingerprint density at radius 2 is 1.89 bits per heavy atom. The van der Waals surface area contributed by atoms with Crippen LogP contribution in [0.1, 0.15) is 30.9 Å². The number of carbonyl (C=O) groups is 3. The molecule has 1 aromatic rings. The highest BCUT2D eigenvalue weighted by Gasteiger charge is 2.53. The van der Waals surface area contributed by atoms with Crippen molar-refractivity contribution >= 4 is 39.5 Å². The van der Waals surface area contributed by atoms with Crippen molar-refractivity contribution < 1.29 is 19.1 Å². The van der Waals surface area contributed by atoms with Gasteiger partial charge in [-0.3, -0.25) is 9.59 Å². The zero-order valence-corrected chi connectivity index (χ0v) is 17.6. The van der Waals surface area contributed by atoms with Crippen molar-refractivity contribution in [2.45, 2.75) is 45.2 Å². The number of nitrogens with one attached hydrogen (secondary N) is 1. The number of methoxy groups -OCH3 is 1. The summed E-state index contributed by atoms with van der Waals surface area (Å²) < 4.78 is 6.03. The molecule has 1 N–H and O–H groups in total. The van der Waals surface area contributed by atoms with Gasteiger partial charge in [0.1, 0.15) is 11.6 Å². The van der Waals surface area contributed by atoms with Gasteiger partial charge in [0.15, 0.2) is 0 Å². The molecule has 4 amide bonds. The van der Waals surface area contributed by atoms with Gasteiger partial charge in [-0.2, -0.15) is 0 Å². The molecule has 2 heterocycles. The third kappa shape index (κ3) is 3.36. The lowest BCUT2D eigenvalue weighted by molar-refractivity contribution is -0.139. The molecule has 2 fully saturated rings. The number of amides is 4. The Labute approximate surface area is 167 Å². The molecule has 2 aliphatic heterocycles. The Balaban J connectivity index is 1.92. The lowest BCUT2D eigenvalue weighted by Crippen LogP contribution is -2.56. The molecule has 8 heteroatoms. The number of ether oxygens (including phenoxy) is 1. The van der Waals surface area contributed by atoms with Crippen LogP contribution in [0, 0.1) is 13.8 Å². The lowest BCUT2D eigenvalue weighted by atomic mass is 9.98. The molecule has 0 aliphatic carbocycles. The predicted octanol–water partition coefficient (Wildman–Crippen LogP) is 2.52. The van der Waals surface area contributed by atoms with Crippen molar-refractivity contribution in [1.82, 2.24) is 10.2 Å². The molecule has 146 valence electrons. The fourth-order valence-electron chi connectivity index (χ4n) is 4.02. The molecular weight excluding hydrogens is 414 g/mol. The monoisotopic (exact) mass is 437 g/mol. The molecule has 0 saturated carbocycles. The highest BCUT2D eigenvalue weighted by atomic mass is 79.9. The van der Waals surface area contributed by atoms with Gasteiger partial charge < -0.3 is 15.0 Å². The fourth-order valence-corrected chi connectivity index (χ4v) is 4.71. The predicted molar refractivity (Wildman–Crippen MR) is 105 cm³/mol. The van der Waals surface area contributed by atoms with Crippen LogP contribution in [0.25, 0.3) is 0 Å². The first-order chi connectivity index (χ1) is 12.7. The summed E-state index contributed by atoms with van der Waals surface area (Å²) in [6.07, 6.45) is 1.18. The van der Waals surface area contributed by atoms with Crippen molar-refractivity contribution in [3.8, 4) is 0 Å². The highest BCUT2D eigenvalue weighted by Crippen LogP contribution is 2.33. The van der Waals surface area contributed by atoms with Crippen LogP contribution in [0.15, 0.2) is 16.6 Å². The normalized spacial score (nSPS) is 26.0. The first-order valence-corrected chi connectivity index (χ1v) is 9.72. The van der Waals surface area contributed by atoms with Gasteiger partial charge in [0, 0.05) is 23.8 Å². The van der Waals surface area contributed by atoms with E-state index >= 15 is 0 Å². The maximum atomic E-state index is 13.3. The molecule has 7 nitrogen and oxygen atoms in total. The first-order valence-electron chi connectivity index (χ1n) is 8.92. The molecule has 2 atom stereocenters. The summed E-state index contributed by atoms with van der Waals surface area (Å²) in [7, 11) is 1.47. The van der Waals surface area contributed by atoms with E-state index in [4.69, 9.17) is 4.74 Å². The van der Waals surface area contributed by atoms with Gasteiger partial charge in [0.2, 0.25) is 5.91 Å². The summed E-state index contributed by atoms with van der Waals surface area (Å²) in [5.41, 5.74) is 1.65. The molecule has 1 aromatic carbocycles. The number of nitrogens with zero attached hydrogens (tertiary/aromatic N) is 2. The highest BCUT2D eigenvalue weighted by molar-refractivity contribution is 9.10. The number of imide groups is 1. The van der Waals surface area contributed by atoms with E-state index in [-0.39, 0.29) is 12.5 Å². The summed E-state index contributed by atoms with van der Waals surface area (Å²) in [5, 5.41) is 2.67. The fraction of sp³-hybridized carbons (Fsp3) is 0.526. The van der Waals surface area contributed by atoms with Crippen LogP contribution in [0.3, 0.4) is 0 Å². The van der Waals surface area contributed by atoms with E-state index < -0.39 is 23.5 Å². The zero-order chi connectivity index (χ0) is 19.9. The number of aryl methyl sites for hydroxylation is 2. The quantitative estimate of drug-likeness (QED) is 0.733. The number of hydrogen-bond donors (Lipinski definition) is 1. The summed E-state index contributed by atoms with van der Waals surface area (Å²) in [5.74, 6) is -0.640. The second kappa shape index (κ2) is 7.24. The Kier molecular flexibility index (Phi) is 5.31. The Hall–Kier alpha value is -1.93. The Bertz CT molecular complexity index is 789. The molecule has 0 radical (unpaired) electrons. The van der Waals surface area contributed by atoms with Crippen LogP contribution in [-0.4, -0.2) is 54.6 Å². The van der Waals surface area contributed by atoms with Gasteiger partial charge in [-0.15, -0.1) is 0 Å². The number of halogens is 1. The SMILES string of the molecule is COC[C@@]1(C)NC(=O)N([C@@H]2CCCN(c3c(C)cc(Br)cc3C)C2=O)C1=O. The van der Waals surface area contributed by atoms with E-state index in [1.165, 1.54) is 7.11 Å². The van der Waals surface area contributed by atoms with Crippen molar-refractivity contribution in [3.63, 3.8) is 0 Å². The number of urea groups is 1. The standard InChI is InChI=1S/C19H24BrN3O4/c1-11-8-13(20)9-12(2)15(11)22-7-5-6-14(16(22)24)23-17(25)19(3,10-27-4)21-18(23)26/h8-9,14H,5-7,10H2,1-4H3,(H,21,26)/t14-,19-/m1/s1. The van der Waals surface area contributed by atoms with Crippen LogP contribution < -0.4 is 10.2 Å². The molecule has 0 bridgehead atoms. The smallest absolute Gasteiger partial charge is 0.325 e. The largest absolute Gasteiger partial charge is 0.382 e. The number of anilines is 1. The number of piperidine rings is 1. The summed E-state index contributed by atoms with van der Waals surface area (Å²) >= 11 is 3.47. The second-order valence-electron chi connectivity index (χ2n) is 7.41. The molecule has 2 saturated heterocycles. The van der Waals surface area contributed by atoms with Gasteiger partial charge in [0.05, 0.1) is 6.61 Å². The summed E-state index contributed by atoms with van der Waals surface area (Å²) in [6.45, 7) is 6.15. The van der Waals surface area contributed by atoms with E-state index in [2.05, 4.69) is 21.2 Å². The molecule has 0 unspecified atom stereocenters. The third-order valence-corrected chi connectivity index (χ3v) is 5.63. The molecule has 27 heavy (non-hydrogen) atoms. The van der Waals surface area contributed by atoms with E-state index in [1.54, 1.807) is 11.8 Å². The lowest BCUT2D eigenvalue weighted by Gasteiger charge is -2.37. The number of rotatable bonds is 4. The van der Waals surface area contributed by atoms with E-state index in [0.717, 1.165) is 26.2 Å². The van der Waals surface area contributed by atoms with Crippen molar-refractivity contribution in [2.75, 3.05) is 25.2 Å². The van der Waals surface area contributed by atoms with Crippen molar-refractivity contribution in [2.24, 2.45) is 0 Å². The van der Waals surface area contributed by atoms with Crippen LogP contribution in [-0.2, 0) is 14.3 Å². The summed E-state index contributed by atoms with van der Waals surface area (Å²) in [4.78, 5) is 41.4. The zero-order valence-electron chi connectivity index (χ0n) is 16.0. The van der Waals surface area contributed by atoms with Gasteiger partial charge in [-0.25, -0.2) is 9.69 Å². The molecule has 0 aromatic heterocycles. The van der Waals surface area contributed by atoms with Crippen LogP contribution >= 0.6 is 15.9 Å². The summed E-state index contributed by atoms with van der Waals surface area (Å²) in [6, 6.07) is 2.59. The number of hydrogen-bond acceptors (Lipinski definition) is 4. The average molecular weight is 438 g/mol. The Morgan fingerprint density at radius 1 is 1.26 bits per heavy atom. The maximum Gasteiger partial charge on any atom is 0.325 e. The maximum absolute atomic E-state index is 13.3.